The Balaban J connectivity index is 3.93. The molecule has 0 radical (unpaired) electrons. The summed E-state index contributed by atoms with van der Waals surface area (Å²) in [5.41, 5.74) is 0. The van der Waals surface area contributed by atoms with Crippen molar-refractivity contribution in [2.45, 2.75) is 13.8 Å². The lowest BCUT2D eigenvalue weighted by Crippen LogP contribution is -2.28. The van der Waals surface area contributed by atoms with Crippen molar-refractivity contribution in [3.8, 4) is 0 Å². The van der Waals surface area contributed by atoms with E-state index in [0.717, 1.165) is 0 Å². The number of amides is 1. The summed E-state index contributed by atoms with van der Waals surface area (Å²) in [6.07, 6.45) is -0.124. The van der Waals surface area contributed by atoms with Crippen molar-refractivity contribution in [1.29, 1.82) is 0 Å². The molecule has 1 unspecified atom stereocenters. The molecule has 0 aromatic rings. The zero-order valence-electron chi connectivity index (χ0n) is 8.70. The minimum Gasteiger partial charge on any atom is -0.349 e. The summed E-state index contributed by atoms with van der Waals surface area (Å²) >= 11 is 0. The Morgan fingerprint density at radius 2 is 2.00 bits per heavy atom. The minimum absolute atomic E-state index is 0.0831. The lowest BCUT2D eigenvalue weighted by Gasteiger charge is -2.11. The average Bonchev–Trinajstić information content (AvgIpc) is 1.99. The van der Waals surface area contributed by atoms with Gasteiger partial charge in [-0.1, -0.05) is 0 Å². The van der Waals surface area contributed by atoms with Gasteiger partial charge in [0.05, 0.1) is 19.3 Å². The van der Waals surface area contributed by atoms with Gasteiger partial charge in [0.25, 0.3) is 0 Å². The van der Waals surface area contributed by atoms with Crippen LogP contribution >= 0.6 is 7.37 Å². The number of carbonyl (C=O) groups excluding carboxylic acids is 2. The van der Waals surface area contributed by atoms with Crippen molar-refractivity contribution < 1.29 is 18.7 Å². The Kier molecular flexibility index (Phi) is 5.65. The molecule has 5 nitrogen and oxygen atoms in total. The predicted octanol–water partition coefficient (Wildman–Crippen LogP) is 0.636. The SMILES string of the molecule is CCOP(C)(=O)CC(=O)CNC(C)=O. The van der Waals surface area contributed by atoms with Crippen LogP contribution in [0.4, 0.5) is 0 Å². The summed E-state index contributed by atoms with van der Waals surface area (Å²) in [5, 5.41) is 2.34. The molecule has 6 heteroatoms. The van der Waals surface area contributed by atoms with Crippen LogP contribution in [-0.4, -0.2) is 37.7 Å². The highest BCUT2D eigenvalue weighted by atomic mass is 31.2. The predicted molar refractivity (Wildman–Crippen MR) is 53.7 cm³/mol. The fourth-order valence-electron chi connectivity index (χ4n) is 0.918. The van der Waals surface area contributed by atoms with Crippen molar-refractivity contribution in [2.75, 3.05) is 26.0 Å². The van der Waals surface area contributed by atoms with Crippen LogP contribution in [-0.2, 0) is 18.7 Å². The van der Waals surface area contributed by atoms with E-state index in [1.54, 1.807) is 6.92 Å². The summed E-state index contributed by atoms with van der Waals surface area (Å²) in [6.45, 7) is 4.69. The highest BCUT2D eigenvalue weighted by molar-refractivity contribution is 7.59. The van der Waals surface area contributed by atoms with E-state index in [-0.39, 0.29) is 24.4 Å². The quantitative estimate of drug-likeness (QED) is 0.668. The Hall–Kier alpha value is -0.670. The number of hydrogen-bond donors (Lipinski definition) is 1. The summed E-state index contributed by atoms with van der Waals surface area (Å²) in [4.78, 5) is 21.6. The maximum Gasteiger partial charge on any atom is 0.217 e. The Labute approximate surface area is 83.7 Å². The maximum atomic E-state index is 11.5. The minimum atomic E-state index is -2.81. The maximum absolute atomic E-state index is 11.5. The molecular weight excluding hydrogens is 205 g/mol. The van der Waals surface area contributed by atoms with Gasteiger partial charge in [-0.3, -0.25) is 14.2 Å². The van der Waals surface area contributed by atoms with Crippen molar-refractivity contribution >= 4 is 19.1 Å². The molecule has 0 saturated carbocycles. The van der Waals surface area contributed by atoms with E-state index in [0.29, 0.717) is 6.61 Å². The standard InChI is InChI=1S/C8H16NO4P/c1-4-13-14(3,12)6-8(11)5-9-7(2)10/h4-6H2,1-3H3,(H,9,10). The topological polar surface area (TPSA) is 72.5 Å². The molecule has 0 rings (SSSR count). The van der Waals surface area contributed by atoms with Crippen LogP contribution in [0.15, 0.2) is 0 Å². The largest absolute Gasteiger partial charge is 0.349 e. The fraction of sp³-hybridized carbons (Fsp3) is 0.750. The molecule has 14 heavy (non-hydrogen) atoms. The van der Waals surface area contributed by atoms with Crippen molar-refractivity contribution in [3.63, 3.8) is 0 Å². The molecule has 1 N–H and O–H groups in total. The third-order valence-electron chi connectivity index (χ3n) is 1.40. The summed E-state index contributed by atoms with van der Waals surface area (Å²) < 4.78 is 16.4. The van der Waals surface area contributed by atoms with E-state index in [9.17, 15) is 14.2 Å². The molecule has 0 aliphatic carbocycles. The van der Waals surface area contributed by atoms with Gasteiger partial charge >= 0.3 is 0 Å². The van der Waals surface area contributed by atoms with E-state index in [1.165, 1.54) is 13.6 Å². The molecule has 0 spiro atoms. The Morgan fingerprint density at radius 1 is 1.43 bits per heavy atom. The molecule has 0 aromatic heterocycles. The molecule has 0 aliphatic rings. The van der Waals surface area contributed by atoms with Crippen LogP contribution in [0.25, 0.3) is 0 Å². The van der Waals surface area contributed by atoms with Gasteiger partial charge in [0.2, 0.25) is 13.3 Å². The van der Waals surface area contributed by atoms with Crippen LogP contribution in [0.3, 0.4) is 0 Å². The number of ketones is 1. The molecule has 1 amide bonds. The van der Waals surface area contributed by atoms with E-state index >= 15 is 0 Å². The van der Waals surface area contributed by atoms with Crippen LogP contribution in [0.5, 0.6) is 0 Å². The highest BCUT2D eigenvalue weighted by Gasteiger charge is 2.19. The lowest BCUT2D eigenvalue weighted by atomic mass is 10.4. The van der Waals surface area contributed by atoms with Gasteiger partial charge in [0, 0.05) is 13.6 Å². The monoisotopic (exact) mass is 221 g/mol. The first-order valence-electron chi connectivity index (χ1n) is 4.34. The second kappa shape index (κ2) is 5.94. The Morgan fingerprint density at radius 3 is 2.43 bits per heavy atom. The zero-order valence-corrected chi connectivity index (χ0v) is 9.60. The summed E-state index contributed by atoms with van der Waals surface area (Å²) in [7, 11) is -2.81. The first-order valence-corrected chi connectivity index (χ1v) is 6.60. The third-order valence-corrected chi connectivity index (χ3v) is 3.13. The van der Waals surface area contributed by atoms with E-state index in [4.69, 9.17) is 4.52 Å². The van der Waals surface area contributed by atoms with Gasteiger partial charge in [-0.05, 0) is 6.92 Å². The summed E-state index contributed by atoms with van der Waals surface area (Å²) in [6, 6.07) is 0. The fourth-order valence-corrected chi connectivity index (χ4v) is 2.31. The average molecular weight is 221 g/mol. The molecule has 0 heterocycles. The van der Waals surface area contributed by atoms with Gasteiger partial charge in [-0.15, -0.1) is 0 Å². The number of hydrogen-bond acceptors (Lipinski definition) is 4. The van der Waals surface area contributed by atoms with Crippen LogP contribution in [0.2, 0.25) is 0 Å². The molecule has 82 valence electrons. The van der Waals surface area contributed by atoms with Gasteiger partial charge in [-0.25, -0.2) is 0 Å². The molecule has 1 atom stereocenters. The molecule has 0 bridgehead atoms. The van der Waals surface area contributed by atoms with Crippen LogP contribution < -0.4 is 5.32 Å². The van der Waals surface area contributed by atoms with Crippen molar-refractivity contribution in [1.82, 2.24) is 5.32 Å². The molecule has 0 saturated heterocycles. The first-order chi connectivity index (χ1) is 6.37. The highest BCUT2D eigenvalue weighted by Crippen LogP contribution is 2.41. The Bertz CT molecular complexity index is 264. The number of rotatable bonds is 6. The molecule has 0 fully saturated rings. The third kappa shape index (κ3) is 6.80. The number of Topliss-reactive ketones (excluding diaryl/α,β-unsaturated/α-hetero) is 1. The van der Waals surface area contributed by atoms with E-state index < -0.39 is 7.37 Å². The van der Waals surface area contributed by atoms with Gasteiger partial charge in [0.15, 0.2) is 5.78 Å². The smallest absolute Gasteiger partial charge is 0.217 e. The van der Waals surface area contributed by atoms with Crippen LogP contribution in [0, 0.1) is 0 Å². The normalized spacial score (nSPS) is 14.5. The summed E-state index contributed by atoms with van der Waals surface area (Å²) in [5.74, 6) is -0.555. The van der Waals surface area contributed by atoms with Crippen molar-refractivity contribution in [2.24, 2.45) is 0 Å². The van der Waals surface area contributed by atoms with Gasteiger partial charge < -0.3 is 9.84 Å². The lowest BCUT2D eigenvalue weighted by molar-refractivity contribution is -0.122. The van der Waals surface area contributed by atoms with Gasteiger partial charge in [0.1, 0.15) is 0 Å². The van der Waals surface area contributed by atoms with E-state index in [1.807, 2.05) is 0 Å². The second-order valence-electron chi connectivity index (χ2n) is 3.04. The second-order valence-corrected chi connectivity index (χ2v) is 5.64. The van der Waals surface area contributed by atoms with Gasteiger partial charge in [-0.2, -0.15) is 0 Å². The van der Waals surface area contributed by atoms with Crippen LogP contribution in [0.1, 0.15) is 13.8 Å². The molecular formula is C8H16NO4P. The van der Waals surface area contributed by atoms with Crippen molar-refractivity contribution in [3.05, 3.63) is 0 Å². The van der Waals surface area contributed by atoms with E-state index in [2.05, 4.69) is 5.32 Å². The number of nitrogens with one attached hydrogen (secondary N) is 1. The molecule has 0 aromatic carbocycles. The number of carbonyl (C=O) groups is 2. The zero-order chi connectivity index (χ0) is 11.2. The first kappa shape index (κ1) is 13.3. The molecule has 0 aliphatic heterocycles.